The number of anilines is 1. The second-order valence-electron chi connectivity index (χ2n) is 7.05. The fourth-order valence-corrected chi connectivity index (χ4v) is 3.88. The molecular formula is C19H33ClN4. The Morgan fingerprint density at radius 2 is 1.79 bits per heavy atom. The van der Waals surface area contributed by atoms with Crippen LogP contribution in [0.15, 0.2) is 24.3 Å². The Kier molecular flexibility index (Phi) is 7.82. The average Bonchev–Trinajstić information content (AvgIpc) is 2.57. The van der Waals surface area contributed by atoms with Crippen molar-refractivity contribution in [3.05, 3.63) is 29.8 Å². The van der Waals surface area contributed by atoms with Crippen molar-refractivity contribution in [1.29, 1.82) is 0 Å². The first kappa shape index (κ1) is 19.5. The molecule has 2 aliphatic heterocycles. The highest BCUT2D eigenvalue weighted by Crippen LogP contribution is 2.23. The molecule has 1 aromatic carbocycles. The first-order chi connectivity index (χ1) is 11.3. The molecule has 5 heteroatoms. The molecule has 0 aromatic heterocycles. The summed E-state index contributed by atoms with van der Waals surface area (Å²) < 4.78 is 0. The van der Waals surface area contributed by atoms with Crippen molar-refractivity contribution in [3.8, 4) is 0 Å². The lowest BCUT2D eigenvalue weighted by Gasteiger charge is -2.38. The number of para-hydroxylation sites is 1. The number of nitrogens with one attached hydrogen (secondary N) is 1. The number of halogens is 1. The van der Waals surface area contributed by atoms with Gasteiger partial charge in [-0.3, -0.25) is 9.80 Å². The highest BCUT2D eigenvalue weighted by atomic mass is 35.5. The third kappa shape index (κ3) is 5.09. The molecule has 0 aliphatic carbocycles. The van der Waals surface area contributed by atoms with Crippen LogP contribution in [-0.4, -0.2) is 68.2 Å². The zero-order valence-corrected chi connectivity index (χ0v) is 16.0. The predicted molar refractivity (Wildman–Crippen MR) is 105 cm³/mol. The first-order valence-corrected chi connectivity index (χ1v) is 9.27. The van der Waals surface area contributed by atoms with Crippen molar-refractivity contribution in [2.45, 2.75) is 32.9 Å². The fourth-order valence-electron chi connectivity index (χ4n) is 3.88. The van der Waals surface area contributed by atoms with Gasteiger partial charge in [0.25, 0.3) is 0 Å². The minimum absolute atomic E-state index is 0. The largest absolute Gasteiger partial charge is 0.369 e. The van der Waals surface area contributed by atoms with Gasteiger partial charge in [0, 0.05) is 64.1 Å². The number of hydrogen-bond acceptors (Lipinski definition) is 4. The number of nitrogens with zero attached hydrogens (tertiary/aromatic N) is 3. The van der Waals surface area contributed by atoms with Gasteiger partial charge in [0.05, 0.1) is 0 Å². The molecule has 0 spiro atoms. The van der Waals surface area contributed by atoms with E-state index in [4.69, 9.17) is 0 Å². The summed E-state index contributed by atoms with van der Waals surface area (Å²) in [5.74, 6) is 0. The van der Waals surface area contributed by atoms with E-state index in [1.54, 1.807) is 0 Å². The molecule has 2 saturated heterocycles. The van der Waals surface area contributed by atoms with Gasteiger partial charge in [0.2, 0.25) is 0 Å². The molecule has 1 N–H and O–H groups in total. The molecule has 1 atom stereocenters. The van der Waals surface area contributed by atoms with Gasteiger partial charge in [0.1, 0.15) is 0 Å². The zero-order chi connectivity index (χ0) is 16.1. The Morgan fingerprint density at radius 1 is 1.04 bits per heavy atom. The summed E-state index contributed by atoms with van der Waals surface area (Å²) in [4.78, 5) is 7.78. The van der Waals surface area contributed by atoms with Crippen molar-refractivity contribution < 1.29 is 0 Å². The van der Waals surface area contributed by atoms with E-state index in [0.29, 0.717) is 6.04 Å². The first-order valence-electron chi connectivity index (χ1n) is 9.27. The van der Waals surface area contributed by atoms with Crippen LogP contribution in [0.3, 0.4) is 0 Å². The van der Waals surface area contributed by atoms with Crippen LogP contribution in [0.2, 0.25) is 0 Å². The van der Waals surface area contributed by atoms with Gasteiger partial charge in [0.15, 0.2) is 0 Å². The molecule has 2 aliphatic rings. The van der Waals surface area contributed by atoms with Gasteiger partial charge < -0.3 is 10.2 Å². The minimum Gasteiger partial charge on any atom is -0.369 e. The van der Waals surface area contributed by atoms with E-state index in [9.17, 15) is 0 Å². The molecule has 0 unspecified atom stereocenters. The minimum atomic E-state index is 0. The zero-order valence-electron chi connectivity index (χ0n) is 15.2. The van der Waals surface area contributed by atoms with Gasteiger partial charge in [-0.15, -0.1) is 12.4 Å². The van der Waals surface area contributed by atoms with E-state index < -0.39 is 0 Å². The lowest BCUT2D eigenvalue weighted by molar-refractivity contribution is 0.199. The Hall–Kier alpha value is -0.810. The summed E-state index contributed by atoms with van der Waals surface area (Å²) in [6, 6.07) is 9.63. The molecule has 0 bridgehead atoms. The Labute approximate surface area is 153 Å². The highest BCUT2D eigenvalue weighted by Gasteiger charge is 2.21. The highest BCUT2D eigenvalue weighted by molar-refractivity contribution is 5.85. The summed E-state index contributed by atoms with van der Waals surface area (Å²) in [5.41, 5.74) is 2.94. The summed E-state index contributed by atoms with van der Waals surface area (Å²) in [5, 5.41) is 3.53. The summed E-state index contributed by atoms with van der Waals surface area (Å²) in [7, 11) is 0. The molecule has 136 valence electrons. The Morgan fingerprint density at radius 3 is 2.50 bits per heavy atom. The van der Waals surface area contributed by atoms with E-state index in [2.05, 4.69) is 58.1 Å². The maximum Gasteiger partial charge on any atom is 0.0412 e. The molecule has 0 amide bonds. The molecule has 1 aromatic rings. The SMILES string of the molecule is CCCN1CCN(c2ccccc2CN2CCN[C@H](C)C2)CC1.Cl. The Bertz CT molecular complexity index is 488. The van der Waals surface area contributed by atoms with Crippen molar-refractivity contribution in [3.63, 3.8) is 0 Å². The Balaban J connectivity index is 0.00000208. The number of hydrogen-bond donors (Lipinski definition) is 1. The molecule has 2 fully saturated rings. The second kappa shape index (κ2) is 9.62. The van der Waals surface area contributed by atoms with Gasteiger partial charge in [-0.25, -0.2) is 0 Å². The van der Waals surface area contributed by atoms with Crippen molar-refractivity contribution >= 4 is 18.1 Å². The van der Waals surface area contributed by atoms with Gasteiger partial charge in [-0.1, -0.05) is 25.1 Å². The maximum absolute atomic E-state index is 3.53. The number of rotatable bonds is 5. The van der Waals surface area contributed by atoms with Crippen molar-refractivity contribution in [1.82, 2.24) is 15.1 Å². The van der Waals surface area contributed by atoms with Crippen molar-refractivity contribution in [2.24, 2.45) is 0 Å². The maximum atomic E-state index is 3.53. The lowest BCUT2D eigenvalue weighted by Crippen LogP contribution is -2.49. The van der Waals surface area contributed by atoms with E-state index in [1.165, 1.54) is 37.3 Å². The van der Waals surface area contributed by atoms with Crippen LogP contribution in [0.25, 0.3) is 0 Å². The number of piperazine rings is 2. The van der Waals surface area contributed by atoms with Crippen LogP contribution in [0.4, 0.5) is 5.69 Å². The monoisotopic (exact) mass is 352 g/mol. The number of benzene rings is 1. The van der Waals surface area contributed by atoms with E-state index in [-0.39, 0.29) is 12.4 Å². The molecule has 2 heterocycles. The average molecular weight is 353 g/mol. The van der Waals surface area contributed by atoms with E-state index in [0.717, 1.165) is 39.3 Å². The van der Waals surface area contributed by atoms with Crippen LogP contribution in [0.5, 0.6) is 0 Å². The van der Waals surface area contributed by atoms with Crippen LogP contribution in [0, 0.1) is 0 Å². The van der Waals surface area contributed by atoms with Crippen LogP contribution >= 0.6 is 12.4 Å². The predicted octanol–water partition coefficient (Wildman–Crippen LogP) is 2.43. The van der Waals surface area contributed by atoms with Gasteiger partial charge in [-0.05, 0) is 31.5 Å². The molecule has 3 rings (SSSR count). The topological polar surface area (TPSA) is 21.8 Å². The van der Waals surface area contributed by atoms with Gasteiger partial charge >= 0.3 is 0 Å². The fraction of sp³-hybridized carbons (Fsp3) is 0.684. The quantitative estimate of drug-likeness (QED) is 0.878. The third-order valence-electron chi connectivity index (χ3n) is 5.09. The molecule has 0 saturated carbocycles. The smallest absolute Gasteiger partial charge is 0.0412 e. The van der Waals surface area contributed by atoms with Gasteiger partial charge in [-0.2, -0.15) is 0 Å². The summed E-state index contributed by atoms with van der Waals surface area (Å²) in [6.45, 7) is 15.0. The molecular weight excluding hydrogens is 320 g/mol. The summed E-state index contributed by atoms with van der Waals surface area (Å²) >= 11 is 0. The normalized spacial score (nSPS) is 23.1. The third-order valence-corrected chi connectivity index (χ3v) is 5.09. The van der Waals surface area contributed by atoms with Crippen LogP contribution in [-0.2, 0) is 6.54 Å². The molecule has 0 radical (unpaired) electrons. The summed E-state index contributed by atoms with van der Waals surface area (Å²) in [6.07, 6.45) is 1.26. The molecule has 24 heavy (non-hydrogen) atoms. The molecule has 4 nitrogen and oxygen atoms in total. The second-order valence-corrected chi connectivity index (χ2v) is 7.05. The van der Waals surface area contributed by atoms with Crippen LogP contribution < -0.4 is 10.2 Å². The van der Waals surface area contributed by atoms with Crippen molar-refractivity contribution in [2.75, 3.05) is 57.3 Å². The lowest BCUT2D eigenvalue weighted by atomic mass is 10.1. The van der Waals surface area contributed by atoms with E-state index >= 15 is 0 Å². The van der Waals surface area contributed by atoms with E-state index in [1.807, 2.05) is 0 Å². The standard InChI is InChI=1S/C19H32N4.ClH/c1-3-9-21-11-13-23(14-12-21)19-7-5-4-6-18(19)16-22-10-8-20-17(2)15-22;/h4-7,17,20H,3,8-16H2,1-2H3;1H/t17-;/m1./s1. The van der Waals surface area contributed by atoms with Crippen LogP contribution in [0.1, 0.15) is 25.8 Å².